The number of ether oxygens (including phenoxy) is 1. The Labute approximate surface area is 174 Å². The maximum Gasteiger partial charge on any atom is 0.333 e. The molecule has 1 aliphatic heterocycles. The van der Waals surface area contributed by atoms with Crippen LogP contribution in [0.3, 0.4) is 0 Å². The molecule has 0 amide bonds. The van der Waals surface area contributed by atoms with Crippen LogP contribution < -0.4 is 15.4 Å². The minimum absolute atomic E-state index is 0.118. The largest absolute Gasteiger partial charge is 0.486 e. The lowest BCUT2D eigenvalue weighted by Crippen LogP contribution is -2.44. The molecular weight excluding hydrogens is 413 g/mol. The van der Waals surface area contributed by atoms with Crippen molar-refractivity contribution in [3.63, 3.8) is 0 Å². The number of alkyl halides is 3. The van der Waals surface area contributed by atoms with Crippen molar-refractivity contribution in [2.24, 2.45) is 0 Å². The molecule has 3 heterocycles. The molecule has 1 aromatic carbocycles. The fourth-order valence-electron chi connectivity index (χ4n) is 3.09. The van der Waals surface area contributed by atoms with E-state index >= 15 is 0 Å². The molecule has 2 N–H and O–H groups in total. The van der Waals surface area contributed by atoms with Crippen LogP contribution in [0.15, 0.2) is 36.9 Å². The zero-order chi connectivity index (χ0) is 21.8. The molecule has 0 saturated carbocycles. The number of anilines is 2. The monoisotopic (exact) mass is 430 g/mol. The SMILES string of the molecule is N#Cc1cc(-c2ncnc(Nc3cnn(C(F)F)c3)n2)ccc1OC1CCNC[C@@H]1F. The topological polar surface area (TPSA) is 114 Å². The standard InChI is InChI=1S/C19H17F3N8O/c20-14-8-24-4-3-16(14)31-15-2-1-11(5-12(15)6-23)17-25-10-26-19(29-17)28-13-7-27-30(9-13)18(21)22/h1-2,5,7,9-10,14,16,18,24H,3-4,8H2,(H,25,26,28,29)/t14-,16?/m0/s1. The molecule has 31 heavy (non-hydrogen) atoms. The number of hydrogen-bond acceptors (Lipinski definition) is 8. The Morgan fingerprint density at radius 1 is 1.32 bits per heavy atom. The first-order valence-electron chi connectivity index (χ1n) is 9.38. The normalized spacial score (nSPS) is 18.5. The number of piperidine rings is 1. The Hall–Kier alpha value is -3.72. The highest BCUT2D eigenvalue weighted by Gasteiger charge is 2.27. The van der Waals surface area contributed by atoms with Crippen molar-refractivity contribution >= 4 is 11.6 Å². The number of aromatic nitrogens is 5. The summed E-state index contributed by atoms with van der Waals surface area (Å²) >= 11 is 0. The molecule has 0 bridgehead atoms. The Bertz CT molecular complexity index is 1100. The number of nitrogens with one attached hydrogen (secondary N) is 2. The minimum atomic E-state index is -2.76. The molecule has 4 rings (SSSR count). The second-order valence-corrected chi connectivity index (χ2v) is 6.73. The first kappa shape index (κ1) is 20.5. The van der Waals surface area contributed by atoms with Crippen molar-refractivity contribution in [1.82, 2.24) is 30.0 Å². The summed E-state index contributed by atoms with van der Waals surface area (Å²) in [5.74, 6) is 0.660. The van der Waals surface area contributed by atoms with E-state index in [2.05, 4.69) is 30.7 Å². The van der Waals surface area contributed by atoms with Gasteiger partial charge in [0.25, 0.3) is 0 Å². The molecule has 3 aromatic rings. The van der Waals surface area contributed by atoms with Crippen LogP contribution in [0, 0.1) is 11.3 Å². The summed E-state index contributed by atoms with van der Waals surface area (Å²) in [6.07, 6.45) is 2.30. The van der Waals surface area contributed by atoms with E-state index in [-0.39, 0.29) is 35.3 Å². The van der Waals surface area contributed by atoms with Crippen LogP contribution in [0.2, 0.25) is 0 Å². The molecule has 160 valence electrons. The van der Waals surface area contributed by atoms with Crippen molar-refractivity contribution in [1.29, 1.82) is 5.26 Å². The van der Waals surface area contributed by atoms with Gasteiger partial charge in [0.15, 0.2) is 5.82 Å². The van der Waals surface area contributed by atoms with E-state index in [1.54, 1.807) is 12.1 Å². The van der Waals surface area contributed by atoms with Gasteiger partial charge in [-0.2, -0.15) is 24.1 Å². The van der Waals surface area contributed by atoms with Crippen LogP contribution in [0.4, 0.5) is 24.8 Å². The van der Waals surface area contributed by atoms with Crippen molar-refractivity contribution in [2.45, 2.75) is 25.2 Å². The lowest BCUT2D eigenvalue weighted by molar-refractivity contribution is 0.0566. The van der Waals surface area contributed by atoms with E-state index in [1.165, 1.54) is 18.6 Å². The van der Waals surface area contributed by atoms with E-state index in [0.717, 1.165) is 6.20 Å². The van der Waals surface area contributed by atoms with Crippen LogP contribution in [0.25, 0.3) is 11.4 Å². The Kier molecular flexibility index (Phi) is 5.94. The Balaban J connectivity index is 1.53. The minimum Gasteiger partial charge on any atom is -0.486 e. The maximum absolute atomic E-state index is 14.0. The molecule has 1 aliphatic rings. The smallest absolute Gasteiger partial charge is 0.333 e. The fourth-order valence-corrected chi connectivity index (χ4v) is 3.09. The molecule has 0 radical (unpaired) electrons. The van der Waals surface area contributed by atoms with Crippen molar-refractivity contribution in [3.05, 3.63) is 42.5 Å². The summed E-state index contributed by atoms with van der Waals surface area (Å²) in [4.78, 5) is 12.3. The van der Waals surface area contributed by atoms with Gasteiger partial charge in [0.1, 0.15) is 30.4 Å². The zero-order valence-electron chi connectivity index (χ0n) is 16.0. The molecule has 0 spiro atoms. The average molecular weight is 430 g/mol. The lowest BCUT2D eigenvalue weighted by Gasteiger charge is -2.27. The number of nitriles is 1. The van der Waals surface area contributed by atoms with Gasteiger partial charge in [0.05, 0.1) is 23.6 Å². The predicted molar refractivity (Wildman–Crippen MR) is 104 cm³/mol. The van der Waals surface area contributed by atoms with Crippen LogP contribution in [-0.4, -0.2) is 50.1 Å². The number of benzene rings is 1. The second kappa shape index (κ2) is 8.97. The predicted octanol–water partition coefficient (Wildman–Crippen LogP) is 2.82. The number of rotatable bonds is 6. The number of halogens is 3. The summed E-state index contributed by atoms with van der Waals surface area (Å²) < 4.78 is 45.6. The zero-order valence-corrected chi connectivity index (χ0v) is 16.0. The van der Waals surface area contributed by atoms with Gasteiger partial charge in [-0.05, 0) is 31.2 Å². The summed E-state index contributed by atoms with van der Waals surface area (Å²) in [6, 6.07) is 6.81. The van der Waals surface area contributed by atoms with Gasteiger partial charge in [-0.25, -0.2) is 19.0 Å². The van der Waals surface area contributed by atoms with Crippen LogP contribution in [-0.2, 0) is 0 Å². The Morgan fingerprint density at radius 3 is 2.94 bits per heavy atom. The highest BCUT2D eigenvalue weighted by Crippen LogP contribution is 2.27. The van der Waals surface area contributed by atoms with Gasteiger partial charge in [0.2, 0.25) is 5.95 Å². The van der Waals surface area contributed by atoms with Gasteiger partial charge in [-0.1, -0.05) is 0 Å². The molecule has 12 heteroatoms. The highest BCUT2D eigenvalue weighted by molar-refractivity contribution is 5.63. The van der Waals surface area contributed by atoms with E-state index in [4.69, 9.17) is 4.74 Å². The third-order valence-electron chi connectivity index (χ3n) is 4.61. The van der Waals surface area contributed by atoms with Gasteiger partial charge >= 0.3 is 6.55 Å². The fraction of sp³-hybridized carbons (Fsp3) is 0.316. The molecule has 9 nitrogen and oxygen atoms in total. The van der Waals surface area contributed by atoms with Gasteiger partial charge in [-0.3, -0.25) is 0 Å². The quantitative estimate of drug-likeness (QED) is 0.614. The first-order chi connectivity index (χ1) is 15.0. The summed E-state index contributed by atoms with van der Waals surface area (Å²) in [6.45, 7) is -1.91. The first-order valence-corrected chi connectivity index (χ1v) is 9.38. The van der Waals surface area contributed by atoms with E-state index in [0.29, 0.717) is 23.2 Å². The summed E-state index contributed by atoms with van der Waals surface area (Å²) in [7, 11) is 0. The van der Waals surface area contributed by atoms with Crippen LogP contribution >= 0.6 is 0 Å². The third-order valence-corrected chi connectivity index (χ3v) is 4.61. The molecule has 1 fully saturated rings. The van der Waals surface area contributed by atoms with Gasteiger partial charge in [0, 0.05) is 12.1 Å². The third kappa shape index (κ3) is 4.72. The number of hydrogen-bond donors (Lipinski definition) is 2. The van der Waals surface area contributed by atoms with Crippen LogP contribution in [0.5, 0.6) is 5.75 Å². The molecular formula is C19H17F3N8O. The van der Waals surface area contributed by atoms with Crippen LogP contribution in [0.1, 0.15) is 18.5 Å². The highest BCUT2D eigenvalue weighted by atomic mass is 19.3. The van der Waals surface area contributed by atoms with E-state index < -0.39 is 18.8 Å². The van der Waals surface area contributed by atoms with E-state index in [1.807, 2.05) is 6.07 Å². The van der Waals surface area contributed by atoms with Gasteiger partial charge < -0.3 is 15.4 Å². The molecule has 0 aliphatic carbocycles. The number of nitrogens with zero attached hydrogens (tertiary/aromatic N) is 6. The summed E-state index contributed by atoms with van der Waals surface area (Å²) in [5.41, 5.74) is 1.01. The van der Waals surface area contributed by atoms with Crippen molar-refractivity contribution in [3.8, 4) is 23.2 Å². The van der Waals surface area contributed by atoms with E-state index in [9.17, 15) is 18.4 Å². The molecule has 2 aromatic heterocycles. The summed E-state index contributed by atoms with van der Waals surface area (Å²) in [5, 5.41) is 18.8. The molecule has 1 unspecified atom stereocenters. The molecule has 1 saturated heterocycles. The molecule has 2 atom stereocenters. The second-order valence-electron chi connectivity index (χ2n) is 6.73. The van der Waals surface area contributed by atoms with Crippen molar-refractivity contribution < 1.29 is 17.9 Å². The lowest BCUT2D eigenvalue weighted by atomic mass is 10.1. The Morgan fingerprint density at radius 2 is 2.19 bits per heavy atom. The van der Waals surface area contributed by atoms with Gasteiger partial charge in [-0.15, -0.1) is 0 Å². The van der Waals surface area contributed by atoms with Crippen molar-refractivity contribution in [2.75, 3.05) is 18.4 Å². The average Bonchev–Trinajstić information content (AvgIpc) is 3.24. The maximum atomic E-state index is 14.0.